The molecule has 0 amide bonds. The quantitative estimate of drug-likeness (QED) is 0.631. The van der Waals surface area contributed by atoms with Crippen LogP contribution in [0.2, 0.25) is 0 Å². The number of hydrogen-bond donors (Lipinski definition) is 1. The van der Waals surface area contributed by atoms with E-state index < -0.39 is 4.92 Å². The van der Waals surface area contributed by atoms with Crippen molar-refractivity contribution >= 4 is 17.5 Å². The minimum Gasteiger partial charge on any atom is -0.368 e. The summed E-state index contributed by atoms with van der Waals surface area (Å²) in [5.74, 6) is 1.39. The van der Waals surface area contributed by atoms with Crippen molar-refractivity contribution in [2.45, 2.75) is 20.3 Å². The number of anilines is 2. The fraction of sp³-hybridized carbons (Fsp3) is 0.636. The van der Waals surface area contributed by atoms with Gasteiger partial charge in [0.25, 0.3) is 0 Å². The number of piperidine rings is 1. The molecule has 1 aliphatic rings. The van der Waals surface area contributed by atoms with Gasteiger partial charge in [-0.25, -0.2) is 4.98 Å². The van der Waals surface area contributed by atoms with Gasteiger partial charge >= 0.3 is 5.69 Å². The number of aromatic nitrogens is 2. The first kappa shape index (κ1) is 12.5. The Balaban J connectivity index is 2.36. The standard InChI is InChI=1S/C11H17N5O2/c1-7-3-8(2)6-15(5-7)10-9(16(17)18)4-13-11(12)14-10/h4,7-8H,3,5-6H2,1-2H3,(H2,12,13,14)/t7-,8-/m0/s1. The lowest BCUT2D eigenvalue weighted by molar-refractivity contribution is -0.384. The monoisotopic (exact) mass is 251 g/mol. The molecule has 1 aromatic heterocycles. The lowest BCUT2D eigenvalue weighted by atomic mass is 9.92. The van der Waals surface area contributed by atoms with Gasteiger partial charge in [-0.15, -0.1) is 0 Å². The summed E-state index contributed by atoms with van der Waals surface area (Å²) in [6.45, 7) is 5.81. The van der Waals surface area contributed by atoms with E-state index in [2.05, 4.69) is 23.8 Å². The summed E-state index contributed by atoms with van der Waals surface area (Å²) in [6, 6.07) is 0. The van der Waals surface area contributed by atoms with E-state index in [0.717, 1.165) is 19.5 Å². The smallest absolute Gasteiger partial charge is 0.329 e. The molecular weight excluding hydrogens is 234 g/mol. The highest BCUT2D eigenvalue weighted by Gasteiger charge is 2.28. The number of nitrogens with two attached hydrogens (primary N) is 1. The van der Waals surface area contributed by atoms with Crippen molar-refractivity contribution in [3.63, 3.8) is 0 Å². The predicted octanol–water partition coefficient (Wildman–Crippen LogP) is 1.45. The van der Waals surface area contributed by atoms with Gasteiger partial charge in [-0.3, -0.25) is 10.1 Å². The van der Waals surface area contributed by atoms with E-state index in [4.69, 9.17) is 5.73 Å². The highest BCUT2D eigenvalue weighted by molar-refractivity contribution is 5.58. The third kappa shape index (κ3) is 2.49. The van der Waals surface area contributed by atoms with Crippen molar-refractivity contribution < 1.29 is 4.92 Å². The average Bonchev–Trinajstić information content (AvgIpc) is 2.27. The van der Waals surface area contributed by atoms with Crippen LogP contribution < -0.4 is 10.6 Å². The van der Waals surface area contributed by atoms with Crippen LogP contribution in [0.1, 0.15) is 20.3 Å². The first-order chi connectivity index (χ1) is 8.47. The summed E-state index contributed by atoms with van der Waals surface area (Å²) >= 11 is 0. The molecular formula is C11H17N5O2. The molecule has 0 bridgehead atoms. The Morgan fingerprint density at radius 2 is 2.06 bits per heavy atom. The fourth-order valence-corrected chi connectivity index (χ4v) is 2.58. The van der Waals surface area contributed by atoms with E-state index in [0.29, 0.717) is 17.7 Å². The van der Waals surface area contributed by atoms with Crippen LogP contribution >= 0.6 is 0 Å². The highest BCUT2D eigenvalue weighted by atomic mass is 16.6. The molecule has 0 saturated carbocycles. The molecule has 7 heteroatoms. The van der Waals surface area contributed by atoms with Crippen LogP contribution in [0.3, 0.4) is 0 Å². The average molecular weight is 251 g/mol. The molecule has 0 spiro atoms. The molecule has 0 aromatic carbocycles. The maximum absolute atomic E-state index is 11.0. The summed E-state index contributed by atoms with van der Waals surface area (Å²) in [4.78, 5) is 20.2. The summed E-state index contributed by atoms with van der Waals surface area (Å²) in [7, 11) is 0. The van der Waals surface area contributed by atoms with Gasteiger partial charge in [0.15, 0.2) is 0 Å². The topological polar surface area (TPSA) is 98.2 Å². The molecule has 2 atom stereocenters. The minimum atomic E-state index is -0.460. The van der Waals surface area contributed by atoms with Crippen LogP contribution in [0.4, 0.5) is 17.5 Å². The van der Waals surface area contributed by atoms with Gasteiger partial charge in [0.2, 0.25) is 11.8 Å². The first-order valence-corrected chi connectivity index (χ1v) is 5.99. The Morgan fingerprint density at radius 1 is 1.44 bits per heavy atom. The predicted molar refractivity (Wildman–Crippen MR) is 68.3 cm³/mol. The molecule has 98 valence electrons. The van der Waals surface area contributed by atoms with Crippen molar-refractivity contribution in [3.8, 4) is 0 Å². The molecule has 7 nitrogen and oxygen atoms in total. The molecule has 0 aliphatic carbocycles. The zero-order valence-corrected chi connectivity index (χ0v) is 10.5. The van der Waals surface area contributed by atoms with Gasteiger partial charge in [0, 0.05) is 13.1 Å². The Hall–Kier alpha value is -1.92. The largest absolute Gasteiger partial charge is 0.368 e. The number of nitro groups is 1. The van der Waals surface area contributed by atoms with E-state index in [1.807, 2.05) is 4.90 Å². The van der Waals surface area contributed by atoms with Crippen LogP contribution in [0.15, 0.2) is 6.20 Å². The Kier molecular flexibility index (Phi) is 3.31. The molecule has 0 radical (unpaired) electrons. The summed E-state index contributed by atoms with van der Waals surface area (Å²) in [5.41, 5.74) is 5.45. The van der Waals surface area contributed by atoms with Gasteiger partial charge < -0.3 is 10.6 Å². The van der Waals surface area contributed by atoms with Crippen molar-refractivity contribution in [3.05, 3.63) is 16.3 Å². The van der Waals surface area contributed by atoms with Crippen LogP contribution in [0, 0.1) is 22.0 Å². The van der Waals surface area contributed by atoms with Crippen LogP contribution in [0.25, 0.3) is 0 Å². The third-order valence-electron chi connectivity index (χ3n) is 3.13. The summed E-state index contributed by atoms with van der Waals surface area (Å²) < 4.78 is 0. The third-order valence-corrected chi connectivity index (χ3v) is 3.13. The molecule has 2 rings (SSSR count). The van der Waals surface area contributed by atoms with Crippen molar-refractivity contribution in [2.24, 2.45) is 11.8 Å². The maximum Gasteiger partial charge on any atom is 0.329 e. The zero-order chi connectivity index (χ0) is 13.3. The number of nitrogen functional groups attached to an aromatic ring is 1. The van der Waals surface area contributed by atoms with Gasteiger partial charge in [-0.1, -0.05) is 13.8 Å². The van der Waals surface area contributed by atoms with E-state index in [1.165, 1.54) is 6.20 Å². The number of rotatable bonds is 2. The molecule has 1 fully saturated rings. The molecule has 0 unspecified atom stereocenters. The van der Waals surface area contributed by atoms with Gasteiger partial charge in [-0.05, 0) is 18.3 Å². The number of hydrogen-bond acceptors (Lipinski definition) is 6. The van der Waals surface area contributed by atoms with Gasteiger partial charge in [-0.2, -0.15) is 4.98 Å². The first-order valence-electron chi connectivity index (χ1n) is 5.99. The second-order valence-corrected chi connectivity index (χ2v) is 5.05. The highest BCUT2D eigenvalue weighted by Crippen LogP contribution is 2.31. The molecule has 18 heavy (non-hydrogen) atoms. The van der Waals surface area contributed by atoms with Crippen molar-refractivity contribution in [2.75, 3.05) is 23.7 Å². The van der Waals surface area contributed by atoms with E-state index >= 15 is 0 Å². The van der Waals surface area contributed by atoms with Crippen LogP contribution in [0.5, 0.6) is 0 Å². The number of nitrogens with zero attached hydrogens (tertiary/aromatic N) is 4. The van der Waals surface area contributed by atoms with Crippen LogP contribution in [-0.4, -0.2) is 28.0 Å². The summed E-state index contributed by atoms with van der Waals surface area (Å²) in [5, 5.41) is 11.0. The second-order valence-electron chi connectivity index (χ2n) is 5.05. The molecule has 2 N–H and O–H groups in total. The van der Waals surface area contributed by atoms with E-state index in [-0.39, 0.29) is 11.6 Å². The Bertz CT molecular complexity index is 455. The normalized spacial score (nSPS) is 24.0. The molecule has 1 aromatic rings. The summed E-state index contributed by atoms with van der Waals surface area (Å²) in [6.07, 6.45) is 2.31. The Morgan fingerprint density at radius 3 is 2.61 bits per heavy atom. The van der Waals surface area contributed by atoms with E-state index in [9.17, 15) is 10.1 Å². The lowest BCUT2D eigenvalue weighted by Crippen LogP contribution is -2.39. The zero-order valence-electron chi connectivity index (χ0n) is 10.5. The molecule has 1 aliphatic heterocycles. The van der Waals surface area contributed by atoms with Gasteiger partial charge in [0.1, 0.15) is 6.20 Å². The van der Waals surface area contributed by atoms with Crippen molar-refractivity contribution in [1.29, 1.82) is 0 Å². The maximum atomic E-state index is 11.0. The second kappa shape index (κ2) is 4.75. The molecule has 1 saturated heterocycles. The molecule has 2 heterocycles. The van der Waals surface area contributed by atoms with E-state index in [1.54, 1.807) is 0 Å². The fourth-order valence-electron chi connectivity index (χ4n) is 2.58. The lowest BCUT2D eigenvalue weighted by Gasteiger charge is -2.35. The van der Waals surface area contributed by atoms with Gasteiger partial charge in [0.05, 0.1) is 4.92 Å². The van der Waals surface area contributed by atoms with Crippen molar-refractivity contribution in [1.82, 2.24) is 9.97 Å². The minimum absolute atomic E-state index is 0.0708. The Labute approximate surface area is 105 Å². The van der Waals surface area contributed by atoms with Crippen LogP contribution in [-0.2, 0) is 0 Å². The SMILES string of the molecule is C[C@H]1C[C@H](C)CN(c2nc(N)ncc2[N+](=O)[O-])C1.